The molecule has 118 valence electrons. The minimum Gasteiger partial charge on any atom is -0.323 e. The first-order chi connectivity index (χ1) is 10.9. The van der Waals surface area contributed by atoms with Gasteiger partial charge in [-0.25, -0.2) is 0 Å². The van der Waals surface area contributed by atoms with Gasteiger partial charge >= 0.3 is 6.18 Å². The van der Waals surface area contributed by atoms with Crippen molar-refractivity contribution < 1.29 is 22.8 Å². The second kappa shape index (κ2) is 5.42. The zero-order chi connectivity index (χ0) is 16.6. The van der Waals surface area contributed by atoms with Gasteiger partial charge in [0.05, 0.1) is 22.5 Å². The number of fused-ring (bicyclic) bond motifs is 1. The second-order valence-corrected chi connectivity index (χ2v) is 5.00. The zero-order valence-corrected chi connectivity index (χ0v) is 11.7. The highest BCUT2D eigenvalue weighted by Gasteiger charge is 2.37. The topological polar surface area (TPSA) is 49.4 Å². The lowest BCUT2D eigenvalue weighted by molar-refractivity contribution is -0.137. The third-order valence-electron chi connectivity index (χ3n) is 3.48. The first-order valence-corrected chi connectivity index (χ1v) is 6.75. The number of alkyl halides is 3. The summed E-state index contributed by atoms with van der Waals surface area (Å²) in [7, 11) is 0. The van der Waals surface area contributed by atoms with Gasteiger partial charge in [0.25, 0.3) is 5.91 Å². The summed E-state index contributed by atoms with van der Waals surface area (Å²) in [6.07, 6.45) is -4.65. The van der Waals surface area contributed by atoms with Gasteiger partial charge in [0.1, 0.15) is 6.54 Å². The molecule has 1 aliphatic rings. The lowest BCUT2D eigenvalue weighted by Gasteiger charge is -2.29. The zero-order valence-electron chi connectivity index (χ0n) is 11.7. The van der Waals surface area contributed by atoms with E-state index < -0.39 is 29.1 Å². The van der Waals surface area contributed by atoms with Crippen LogP contribution in [0.2, 0.25) is 0 Å². The molecule has 0 aromatic heterocycles. The molecule has 23 heavy (non-hydrogen) atoms. The van der Waals surface area contributed by atoms with Crippen LogP contribution in [0.4, 0.5) is 24.5 Å². The molecule has 1 aliphatic heterocycles. The molecule has 2 aromatic carbocycles. The SMILES string of the molecule is O=C1CN(C(=O)c2ccccc2C(F)(F)F)c2ccccc2N1. The number of rotatable bonds is 1. The molecule has 0 radical (unpaired) electrons. The molecular weight excluding hydrogens is 309 g/mol. The molecule has 1 N–H and O–H groups in total. The molecule has 2 aromatic rings. The Hall–Kier alpha value is -2.83. The quantitative estimate of drug-likeness (QED) is 0.876. The lowest BCUT2D eigenvalue weighted by Crippen LogP contribution is -2.42. The van der Waals surface area contributed by atoms with E-state index in [9.17, 15) is 22.8 Å². The molecule has 4 nitrogen and oxygen atoms in total. The summed E-state index contributed by atoms with van der Waals surface area (Å²) in [5.41, 5.74) is -0.742. The van der Waals surface area contributed by atoms with Crippen LogP contribution in [0, 0.1) is 0 Å². The van der Waals surface area contributed by atoms with Gasteiger partial charge in [-0.1, -0.05) is 24.3 Å². The van der Waals surface area contributed by atoms with Crippen LogP contribution in [0.5, 0.6) is 0 Å². The fourth-order valence-corrected chi connectivity index (χ4v) is 2.48. The van der Waals surface area contributed by atoms with Gasteiger partial charge in [-0.3, -0.25) is 14.5 Å². The molecule has 0 unspecified atom stereocenters. The molecular formula is C16H11F3N2O2. The van der Waals surface area contributed by atoms with E-state index in [1.807, 2.05) is 0 Å². The van der Waals surface area contributed by atoms with Gasteiger partial charge in [0.15, 0.2) is 0 Å². The molecule has 0 bridgehead atoms. The van der Waals surface area contributed by atoms with E-state index in [1.54, 1.807) is 24.3 Å². The monoisotopic (exact) mass is 320 g/mol. The van der Waals surface area contributed by atoms with Crippen molar-refractivity contribution in [3.8, 4) is 0 Å². The van der Waals surface area contributed by atoms with Gasteiger partial charge in [0.2, 0.25) is 5.91 Å². The maximum absolute atomic E-state index is 13.1. The van der Waals surface area contributed by atoms with Crippen LogP contribution in [0.1, 0.15) is 15.9 Å². The van der Waals surface area contributed by atoms with Crippen LogP contribution in [-0.2, 0) is 11.0 Å². The standard InChI is InChI=1S/C16H11F3N2O2/c17-16(18,19)11-6-2-1-5-10(11)15(23)21-9-14(22)20-12-7-3-4-8-13(12)21/h1-8H,9H2,(H,20,22). The Kier molecular flexibility index (Phi) is 3.55. The van der Waals surface area contributed by atoms with Crippen LogP contribution in [0.25, 0.3) is 0 Å². The molecule has 0 spiro atoms. The van der Waals surface area contributed by atoms with Gasteiger partial charge in [0, 0.05) is 0 Å². The van der Waals surface area contributed by atoms with Crippen LogP contribution < -0.4 is 10.2 Å². The Balaban J connectivity index is 2.07. The predicted molar refractivity (Wildman–Crippen MR) is 78.2 cm³/mol. The van der Waals surface area contributed by atoms with Gasteiger partial charge < -0.3 is 5.32 Å². The summed E-state index contributed by atoms with van der Waals surface area (Å²) >= 11 is 0. The van der Waals surface area contributed by atoms with Crippen molar-refractivity contribution >= 4 is 23.2 Å². The Morgan fingerprint density at radius 1 is 1.04 bits per heavy atom. The normalized spacial score (nSPS) is 14.2. The average Bonchev–Trinajstić information content (AvgIpc) is 2.52. The molecule has 3 rings (SSSR count). The number of hydrogen-bond donors (Lipinski definition) is 1. The molecule has 0 atom stereocenters. The van der Waals surface area contributed by atoms with Crippen molar-refractivity contribution in [1.29, 1.82) is 0 Å². The minimum absolute atomic E-state index is 0.331. The highest BCUT2D eigenvalue weighted by molar-refractivity contribution is 6.15. The van der Waals surface area contributed by atoms with Gasteiger partial charge in [-0.15, -0.1) is 0 Å². The predicted octanol–water partition coefficient (Wildman–Crippen LogP) is 3.30. The summed E-state index contributed by atoms with van der Waals surface area (Å²) in [4.78, 5) is 25.4. The third-order valence-corrected chi connectivity index (χ3v) is 3.48. The molecule has 0 saturated heterocycles. The number of anilines is 2. The van der Waals surface area contributed by atoms with Crippen molar-refractivity contribution in [2.75, 3.05) is 16.8 Å². The molecule has 1 heterocycles. The van der Waals surface area contributed by atoms with Crippen molar-refractivity contribution in [2.24, 2.45) is 0 Å². The number of nitrogens with one attached hydrogen (secondary N) is 1. The van der Waals surface area contributed by atoms with E-state index in [4.69, 9.17) is 0 Å². The van der Waals surface area contributed by atoms with E-state index in [-0.39, 0.29) is 6.54 Å². The third kappa shape index (κ3) is 2.77. The molecule has 0 saturated carbocycles. The summed E-state index contributed by atoms with van der Waals surface area (Å²) in [5.74, 6) is -1.32. The number of amides is 2. The molecule has 7 heteroatoms. The first-order valence-electron chi connectivity index (χ1n) is 6.75. The second-order valence-electron chi connectivity index (χ2n) is 5.00. The summed E-state index contributed by atoms with van der Waals surface area (Å²) in [6, 6.07) is 11.0. The number of carbonyl (C=O) groups is 2. The fourth-order valence-electron chi connectivity index (χ4n) is 2.48. The molecule has 0 aliphatic carbocycles. The van der Waals surface area contributed by atoms with Gasteiger partial charge in [-0.05, 0) is 24.3 Å². The van der Waals surface area contributed by atoms with Crippen LogP contribution >= 0.6 is 0 Å². The van der Waals surface area contributed by atoms with Crippen LogP contribution in [0.15, 0.2) is 48.5 Å². The summed E-state index contributed by atoms with van der Waals surface area (Å²) in [6.45, 7) is -0.331. The minimum atomic E-state index is -4.65. The van der Waals surface area contributed by atoms with Gasteiger partial charge in [-0.2, -0.15) is 13.2 Å². The van der Waals surface area contributed by atoms with E-state index >= 15 is 0 Å². The Morgan fingerprint density at radius 2 is 1.70 bits per heavy atom. The van der Waals surface area contributed by atoms with E-state index in [2.05, 4.69) is 5.32 Å². The van der Waals surface area contributed by atoms with Crippen LogP contribution in [0.3, 0.4) is 0 Å². The average molecular weight is 320 g/mol. The lowest BCUT2D eigenvalue weighted by atomic mass is 10.0. The van der Waals surface area contributed by atoms with E-state index in [0.717, 1.165) is 17.0 Å². The maximum atomic E-state index is 13.1. The Labute approximate surface area is 129 Å². The van der Waals surface area contributed by atoms with Crippen LogP contribution in [-0.4, -0.2) is 18.4 Å². The number of benzene rings is 2. The number of hydrogen-bond acceptors (Lipinski definition) is 2. The molecule has 0 fully saturated rings. The molecule has 2 amide bonds. The summed E-state index contributed by atoms with van der Waals surface area (Å²) < 4.78 is 39.3. The number of halogens is 3. The smallest absolute Gasteiger partial charge is 0.323 e. The van der Waals surface area contributed by atoms with Crippen molar-refractivity contribution in [3.05, 3.63) is 59.7 Å². The first kappa shape index (κ1) is 15.1. The van der Waals surface area contributed by atoms with Crippen molar-refractivity contribution in [2.45, 2.75) is 6.18 Å². The summed E-state index contributed by atoms with van der Waals surface area (Å²) in [5, 5.41) is 2.59. The number of carbonyl (C=O) groups excluding carboxylic acids is 2. The highest BCUT2D eigenvalue weighted by atomic mass is 19.4. The van der Waals surface area contributed by atoms with E-state index in [1.165, 1.54) is 12.1 Å². The van der Waals surface area contributed by atoms with E-state index in [0.29, 0.717) is 11.4 Å². The Morgan fingerprint density at radius 3 is 2.43 bits per heavy atom. The number of nitrogens with zero attached hydrogens (tertiary/aromatic N) is 1. The number of para-hydroxylation sites is 2. The highest BCUT2D eigenvalue weighted by Crippen LogP contribution is 2.35. The largest absolute Gasteiger partial charge is 0.417 e. The van der Waals surface area contributed by atoms with Crippen molar-refractivity contribution in [1.82, 2.24) is 0 Å². The van der Waals surface area contributed by atoms with Crippen molar-refractivity contribution in [3.63, 3.8) is 0 Å². The maximum Gasteiger partial charge on any atom is 0.417 e. The Bertz CT molecular complexity index is 787. The fraction of sp³-hybridized carbons (Fsp3) is 0.125.